The predicted octanol–water partition coefficient (Wildman–Crippen LogP) is 7.13. The zero-order valence-electron chi connectivity index (χ0n) is 22.5. The van der Waals surface area contributed by atoms with Crippen LogP contribution in [0, 0.1) is 12.8 Å². The minimum absolute atomic E-state index is 0.0852. The minimum atomic E-state index is -3.76. The third-order valence-electron chi connectivity index (χ3n) is 6.80. The van der Waals surface area contributed by atoms with Gasteiger partial charge in [0.05, 0.1) is 10.9 Å². The molecule has 0 heterocycles. The van der Waals surface area contributed by atoms with E-state index in [1.807, 2.05) is 61.5 Å². The van der Waals surface area contributed by atoms with Gasteiger partial charge in [-0.05, 0) is 48.1 Å². The minimum Gasteiger partial charge on any atom is -0.290 e. The van der Waals surface area contributed by atoms with Gasteiger partial charge in [-0.2, -0.15) is 0 Å². The van der Waals surface area contributed by atoms with E-state index in [-0.39, 0.29) is 10.9 Å². The highest BCUT2D eigenvalue weighted by Gasteiger charge is 2.33. The number of hydrogen-bond acceptors (Lipinski definition) is 3. The highest BCUT2D eigenvalue weighted by Crippen LogP contribution is 2.31. The Morgan fingerprint density at radius 3 is 1.63 bits per heavy atom. The first-order chi connectivity index (χ1) is 18.3. The summed E-state index contributed by atoms with van der Waals surface area (Å²) in [5.41, 5.74) is 4.38. The molecule has 0 spiro atoms. The number of hydrogen-bond donors (Lipinski definition) is 1. The normalized spacial score (nSPS) is 13.5. The third kappa shape index (κ3) is 7.64. The molecule has 0 aromatic heterocycles. The summed E-state index contributed by atoms with van der Waals surface area (Å²) >= 11 is 0. The molecule has 1 N–H and O–H groups in total. The van der Waals surface area contributed by atoms with Crippen LogP contribution in [0.2, 0.25) is 0 Å². The van der Waals surface area contributed by atoms with Crippen molar-refractivity contribution in [1.82, 2.24) is 9.62 Å². The second kappa shape index (κ2) is 13.0. The van der Waals surface area contributed by atoms with E-state index in [0.29, 0.717) is 19.0 Å². The van der Waals surface area contributed by atoms with Crippen molar-refractivity contribution >= 4 is 10.0 Å². The summed E-state index contributed by atoms with van der Waals surface area (Å²) in [7, 11) is -3.76. The fraction of sp³-hybridized carbons (Fsp3) is 0.273. The smallest absolute Gasteiger partial charge is 0.241 e. The van der Waals surface area contributed by atoms with Gasteiger partial charge in [0.25, 0.3) is 0 Å². The van der Waals surface area contributed by atoms with Crippen LogP contribution in [0.3, 0.4) is 0 Å². The van der Waals surface area contributed by atoms with Crippen LogP contribution in [0.25, 0.3) is 0 Å². The molecule has 4 aromatic carbocycles. The van der Waals surface area contributed by atoms with Gasteiger partial charge in [0, 0.05) is 19.1 Å². The molecule has 4 rings (SSSR count). The predicted molar refractivity (Wildman–Crippen MR) is 156 cm³/mol. The lowest BCUT2D eigenvalue weighted by molar-refractivity contribution is 0.127. The molecule has 0 radical (unpaired) electrons. The van der Waals surface area contributed by atoms with Crippen molar-refractivity contribution in [1.29, 1.82) is 0 Å². The number of nitrogens with zero attached hydrogens (tertiary/aromatic N) is 1. The third-order valence-corrected chi connectivity index (χ3v) is 8.25. The number of sulfonamides is 1. The Kier molecular flexibility index (Phi) is 9.51. The number of rotatable bonds is 12. The highest BCUT2D eigenvalue weighted by atomic mass is 32.2. The molecule has 0 saturated carbocycles. The van der Waals surface area contributed by atoms with Crippen molar-refractivity contribution in [3.8, 4) is 0 Å². The second-order valence-electron chi connectivity index (χ2n) is 10.4. The molecule has 4 nitrogen and oxygen atoms in total. The van der Waals surface area contributed by atoms with E-state index in [1.54, 1.807) is 12.1 Å². The zero-order chi connectivity index (χ0) is 27.0. The number of aryl methyl sites for hydroxylation is 1. The SMILES string of the molecule is Cc1ccc(S(=O)(=O)N[C@H](c2ccccc2)[C@H](CC(C)C)N(Cc2ccccc2)Cc2ccccc2)cc1. The first-order valence-electron chi connectivity index (χ1n) is 13.3. The summed E-state index contributed by atoms with van der Waals surface area (Å²) in [6.45, 7) is 7.78. The topological polar surface area (TPSA) is 49.4 Å². The van der Waals surface area contributed by atoms with Crippen LogP contribution in [0.15, 0.2) is 120 Å². The molecule has 0 saturated heterocycles. The molecule has 0 amide bonds. The van der Waals surface area contributed by atoms with E-state index in [0.717, 1.165) is 17.5 Å². The lowest BCUT2D eigenvalue weighted by Crippen LogP contribution is -2.46. The first kappa shape index (κ1) is 27.8. The van der Waals surface area contributed by atoms with Crippen LogP contribution in [0.4, 0.5) is 0 Å². The van der Waals surface area contributed by atoms with E-state index < -0.39 is 16.1 Å². The maximum Gasteiger partial charge on any atom is 0.241 e. The maximum atomic E-state index is 13.7. The Morgan fingerprint density at radius 2 is 1.16 bits per heavy atom. The fourth-order valence-corrected chi connectivity index (χ4v) is 6.14. The fourth-order valence-electron chi connectivity index (χ4n) is 4.89. The molecular weight excluding hydrogens is 488 g/mol. The molecule has 0 bridgehead atoms. The molecule has 0 aliphatic carbocycles. The van der Waals surface area contributed by atoms with Crippen LogP contribution in [0.5, 0.6) is 0 Å². The van der Waals surface area contributed by atoms with Crippen molar-refractivity contribution < 1.29 is 8.42 Å². The molecule has 4 aromatic rings. The lowest BCUT2D eigenvalue weighted by atomic mass is 9.91. The van der Waals surface area contributed by atoms with Crippen LogP contribution in [-0.4, -0.2) is 19.4 Å². The maximum absolute atomic E-state index is 13.7. The number of benzene rings is 4. The van der Waals surface area contributed by atoms with E-state index in [2.05, 4.69) is 72.0 Å². The van der Waals surface area contributed by atoms with Crippen molar-refractivity contribution in [2.45, 2.75) is 57.3 Å². The monoisotopic (exact) mass is 526 g/mol. The Hall–Kier alpha value is -3.25. The Balaban J connectivity index is 1.79. The highest BCUT2D eigenvalue weighted by molar-refractivity contribution is 7.89. The second-order valence-corrected chi connectivity index (χ2v) is 12.1. The summed E-state index contributed by atoms with van der Waals surface area (Å²) in [5.74, 6) is 0.365. The largest absolute Gasteiger partial charge is 0.290 e. The van der Waals surface area contributed by atoms with Gasteiger partial charge in [-0.1, -0.05) is 123 Å². The zero-order valence-corrected chi connectivity index (χ0v) is 23.3. The van der Waals surface area contributed by atoms with Crippen molar-refractivity contribution in [3.05, 3.63) is 138 Å². The summed E-state index contributed by atoms with van der Waals surface area (Å²) in [5, 5.41) is 0. The van der Waals surface area contributed by atoms with E-state index >= 15 is 0 Å². The Bertz CT molecular complexity index is 1320. The molecule has 0 aliphatic heterocycles. The molecule has 38 heavy (non-hydrogen) atoms. The number of nitrogens with one attached hydrogen (secondary N) is 1. The van der Waals surface area contributed by atoms with Crippen molar-refractivity contribution in [2.24, 2.45) is 5.92 Å². The van der Waals surface area contributed by atoms with Gasteiger partial charge in [0.2, 0.25) is 10.0 Å². The molecular formula is C33H38N2O2S. The van der Waals surface area contributed by atoms with Gasteiger partial charge in [-0.15, -0.1) is 0 Å². The van der Waals surface area contributed by atoms with Gasteiger partial charge >= 0.3 is 0 Å². The Morgan fingerprint density at radius 1 is 0.684 bits per heavy atom. The molecule has 5 heteroatoms. The van der Waals surface area contributed by atoms with Gasteiger partial charge in [-0.25, -0.2) is 13.1 Å². The average Bonchev–Trinajstić information content (AvgIpc) is 2.92. The molecule has 198 valence electrons. The summed E-state index contributed by atoms with van der Waals surface area (Å²) < 4.78 is 30.6. The molecule has 0 aliphatic rings. The van der Waals surface area contributed by atoms with Crippen LogP contribution in [0.1, 0.15) is 48.6 Å². The first-order valence-corrected chi connectivity index (χ1v) is 14.8. The summed E-state index contributed by atoms with van der Waals surface area (Å²) in [4.78, 5) is 2.71. The lowest BCUT2D eigenvalue weighted by Gasteiger charge is -2.39. The van der Waals surface area contributed by atoms with Crippen LogP contribution in [-0.2, 0) is 23.1 Å². The van der Waals surface area contributed by atoms with Crippen molar-refractivity contribution in [3.63, 3.8) is 0 Å². The van der Waals surface area contributed by atoms with E-state index in [9.17, 15) is 8.42 Å². The molecule has 2 atom stereocenters. The van der Waals surface area contributed by atoms with Crippen LogP contribution >= 0.6 is 0 Å². The average molecular weight is 527 g/mol. The van der Waals surface area contributed by atoms with E-state index in [1.165, 1.54) is 11.1 Å². The van der Waals surface area contributed by atoms with Gasteiger partial charge < -0.3 is 0 Å². The molecule has 0 unspecified atom stereocenters. The molecule has 0 fully saturated rings. The quantitative estimate of drug-likeness (QED) is 0.214. The van der Waals surface area contributed by atoms with Crippen molar-refractivity contribution in [2.75, 3.05) is 0 Å². The summed E-state index contributed by atoms with van der Waals surface area (Å²) in [6.07, 6.45) is 0.829. The Labute approximate surface area is 228 Å². The van der Waals surface area contributed by atoms with Gasteiger partial charge in [0.15, 0.2) is 0 Å². The van der Waals surface area contributed by atoms with E-state index in [4.69, 9.17) is 0 Å². The van der Waals surface area contributed by atoms with Gasteiger partial charge in [-0.3, -0.25) is 4.90 Å². The standard InChI is InChI=1S/C33H38N2O2S/c1-26(2)23-32(35(24-28-13-7-4-8-14-28)25-29-15-9-5-10-16-29)33(30-17-11-6-12-18-30)34-38(36,37)31-21-19-27(3)20-22-31/h4-22,26,32-34H,23-25H2,1-3H3/t32-,33+/m0/s1. The van der Waals surface area contributed by atoms with Crippen LogP contribution < -0.4 is 4.72 Å². The summed E-state index contributed by atoms with van der Waals surface area (Å²) in [6, 6.07) is 37.4. The van der Waals surface area contributed by atoms with Gasteiger partial charge in [0.1, 0.15) is 0 Å².